The number of hydrogen-bond acceptors (Lipinski definition) is 2. The van der Waals surface area contributed by atoms with Crippen LogP contribution in [0.2, 0.25) is 0 Å². The van der Waals surface area contributed by atoms with Crippen molar-refractivity contribution in [2.75, 3.05) is 9.80 Å². The number of aryl methyl sites for hydroxylation is 4. The van der Waals surface area contributed by atoms with Gasteiger partial charge in [0, 0.05) is 38.9 Å². The molecule has 0 bridgehead atoms. The first-order chi connectivity index (χ1) is 33.6. The van der Waals surface area contributed by atoms with E-state index in [1.165, 1.54) is 110 Å². The van der Waals surface area contributed by atoms with Gasteiger partial charge >= 0.3 is 0 Å². The lowest BCUT2D eigenvalue weighted by atomic mass is 9.81. The molecule has 332 valence electrons. The molecule has 0 aliphatic heterocycles. The third kappa shape index (κ3) is 7.36. The minimum absolute atomic E-state index is 0.212. The Balaban J connectivity index is 0.891. The molecule has 0 atom stereocenters. The van der Waals surface area contributed by atoms with Crippen LogP contribution >= 0.6 is 0 Å². The first-order valence-electron chi connectivity index (χ1n) is 24.2. The number of hydrogen-bond donors (Lipinski definition) is 0. The van der Waals surface area contributed by atoms with Gasteiger partial charge in [0.2, 0.25) is 0 Å². The van der Waals surface area contributed by atoms with E-state index in [1.807, 2.05) is 0 Å². The second kappa shape index (κ2) is 16.5. The Morgan fingerprint density at radius 3 is 1.23 bits per heavy atom. The number of benzene rings is 11. The molecule has 1 aliphatic carbocycles. The highest BCUT2D eigenvalue weighted by atomic mass is 15.1. The Morgan fingerprint density at radius 1 is 0.319 bits per heavy atom. The van der Waals surface area contributed by atoms with E-state index in [-0.39, 0.29) is 5.41 Å². The van der Waals surface area contributed by atoms with Crippen LogP contribution in [0.1, 0.15) is 58.4 Å². The molecule has 11 aromatic carbocycles. The van der Waals surface area contributed by atoms with E-state index in [1.54, 1.807) is 0 Å². The Morgan fingerprint density at radius 2 is 0.710 bits per heavy atom. The summed E-state index contributed by atoms with van der Waals surface area (Å²) in [5, 5.41) is 10.0. The van der Waals surface area contributed by atoms with Crippen LogP contribution in [0.3, 0.4) is 0 Å². The summed E-state index contributed by atoms with van der Waals surface area (Å²) in [6.45, 7) is 13.6. The molecule has 0 unspecified atom stereocenters. The van der Waals surface area contributed by atoms with Crippen LogP contribution in [0.15, 0.2) is 206 Å². The largest absolute Gasteiger partial charge is 0.310 e. The number of anilines is 6. The van der Waals surface area contributed by atoms with Crippen molar-refractivity contribution in [2.45, 2.75) is 47.0 Å². The lowest BCUT2D eigenvalue weighted by molar-refractivity contribution is 0.660. The topological polar surface area (TPSA) is 6.48 Å². The van der Waals surface area contributed by atoms with Gasteiger partial charge in [-0.2, -0.15) is 0 Å². The van der Waals surface area contributed by atoms with Crippen molar-refractivity contribution in [1.29, 1.82) is 0 Å². The number of rotatable bonds is 8. The van der Waals surface area contributed by atoms with Gasteiger partial charge in [0.25, 0.3) is 0 Å². The summed E-state index contributed by atoms with van der Waals surface area (Å²) < 4.78 is 0. The van der Waals surface area contributed by atoms with Crippen molar-refractivity contribution in [2.24, 2.45) is 0 Å². The van der Waals surface area contributed by atoms with Crippen LogP contribution in [0.25, 0.3) is 66.4 Å². The van der Waals surface area contributed by atoms with Crippen LogP contribution in [-0.2, 0) is 5.41 Å². The Hall–Kier alpha value is -8.20. The van der Waals surface area contributed by atoms with E-state index in [4.69, 9.17) is 0 Å². The van der Waals surface area contributed by atoms with Crippen LogP contribution < -0.4 is 9.80 Å². The maximum atomic E-state index is 2.48. The molecule has 0 saturated carbocycles. The third-order valence-corrected chi connectivity index (χ3v) is 14.5. The molecule has 1 aliphatic rings. The molecule has 0 amide bonds. The van der Waals surface area contributed by atoms with Crippen LogP contribution in [0, 0.1) is 27.7 Å². The molecule has 0 saturated heterocycles. The molecule has 0 N–H and O–H groups in total. The van der Waals surface area contributed by atoms with E-state index >= 15 is 0 Å². The molecule has 69 heavy (non-hydrogen) atoms. The smallest absolute Gasteiger partial charge is 0.0546 e. The standard InChI is InChI=1S/C67H54N2/c1-43-33-44(2)36-53(35-43)68(65-40-49-15-7-9-17-55(49)57-19-11-13-21-61(57)65)51-28-25-47(26-29-51)23-24-48-27-31-59-60-32-30-52(42-64(60)67(5,6)63(59)39-48)69(54-37-45(3)34-46(4)38-54)66-41-50-16-8-10-18-56(50)58-20-12-14-22-62(58)66/h7-42H,1-6H3/b24-23+. The maximum Gasteiger partial charge on any atom is 0.0546 e. The van der Waals surface area contributed by atoms with Gasteiger partial charge < -0.3 is 9.80 Å². The second-order valence-corrected chi connectivity index (χ2v) is 19.8. The third-order valence-electron chi connectivity index (χ3n) is 14.5. The molecule has 2 nitrogen and oxygen atoms in total. The van der Waals surface area contributed by atoms with Crippen molar-refractivity contribution in [3.05, 3.63) is 251 Å². The predicted octanol–water partition coefficient (Wildman–Crippen LogP) is 18.9. The highest BCUT2D eigenvalue weighted by Gasteiger charge is 2.36. The summed E-state index contributed by atoms with van der Waals surface area (Å²) in [6.07, 6.45) is 4.52. The van der Waals surface area contributed by atoms with Gasteiger partial charge in [0.15, 0.2) is 0 Å². The normalized spacial score (nSPS) is 12.8. The van der Waals surface area contributed by atoms with Crippen LogP contribution in [0.5, 0.6) is 0 Å². The number of nitrogens with zero attached hydrogens (tertiary/aromatic N) is 2. The highest BCUT2D eigenvalue weighted by molar-refractivity contribution is 6.16. The van der Waals surface area contributed by atoms with E-state index < -0.39 is 0 Å². The van der Waals surface area contributed by atoms with Crippen molar-refractivity contribution in [1.82, 2.24) is 0 Å². The Labute approximate surface area is 406 Å². The van der Waals surface area contributed by atoms with Crippen LogP contribution in [0.4, 0.5) is 34.1 Å². The van der Waals surface area contributed by atoms with Crippen molar-refractivity contribution < 1.29 is 0 Å². The second-order valence-electron chi connectivity index (χ2n) is 19.8. The summed E-state index contributed by atoms with van der Waals surface area (Å²) in [6, 6.07) is 76.8. The molecule has 0 fully saturated rings. The molecule has 11 aromatic rings. The average molecular weight is 887 g/mol. The van der Waals surface area contributed by atoms with E-state index in [0.717, 1.165) is 22.6 Å². The van der Waals surface area contributed by atoms with Gasteiger partial charge in [-0.3, -0.25) is 0 Å². The maximum absolute atomic E-state index is 2.48. The zero-order valence-corrected chi connectivity index (χ0v) is 40.2. The van der Waals surface area contributed by atoms with Gasteiger partial charge in [0.1, 0.15) is 0 Å². The summed E-state index contributed by atoms with van der Waals surface area (Å²) in [5.74, 6) is 0. The molecule has 0 radical (unpaired) electrons. The van der Waals surface area contributed by atoms with Crippen LogP contribution in [-0.4, -0.2) is 0 Å². The quantitative estimate of drug-likeness (QED) is 0.111. The van der Waals surface area contributed by atoms with Gasteiger partial charge in [-0.1, -0.05) is 172 Å². The van der Waals surface area contributed by atoms with Gasteiger partial charge in [-0.05, 0) is 176 Å². The summed E-state index contributed by atoms with van der Waals surface area (Å²) in [5.41, 5.74) is 19.4. The van der Waals surface area contributed by atoms with Gasteiger partial charge in [-0.15, -0.1) is 0 Å². The van der Waals surface area contributed by atoms with E-state index in [2.05, 4.69) is 270 Å². The summed E-state index contributed by atoms with van der Waals surface area (Å²) >= 11 is 0. The fourth-order valence-corrected chi connectivity index (χ4v) is 11.4. The molecule has 0 heterocycles. The van der Waals surface area contributed by atoms with Gasteiger partial charge in [-0.25, -0.2) is 0 Å². The van der Waals surface area contributed by atoms with E-state index in [9.17, 15) is 0 Å². The van der Waals surface area contributed by atoms with Gasteiger partial charge in [0.05, 0.1) is 11.4 Å². The molecule has 12 rings (SSSR count). The van der Waals surface area contributed by atoms with Crippen molar-refractivity contribution in [3.63, 3.8) is 0 Å². The lowest BCUT2D eigenvalue weighted by Gasteiger charge is -2.30. The molecule has 0 spiro atoms. The number of fused-ring (bicyclic) bond motifs is 9. The Kier molecular flexibility index (Phi) is 10.1. The zero-order valence-electron chi connectivity index (χ0n) is 40.2. The minimum atomic E-state index is -0.212. The molecule has 0 aromatic heterocycles. The van der Waals surface area contributed by atoms with Crippen molar-refractivity contribution in [3.8, 4) is 11.1 Å². The summed E-state index contributed by atoms with van der Waals surface area (Å²) in [7, 11) is 0. The minimum Gasteiger partial charge on any atom is -0.310 e. The predicted molar refractivity (Wildman–Crippen MR) is 298 cm³/mol. The molecule has 2 heteroatoms. The fourth-order valence-electron chi connectivity index (χ4n) is 11.4. The SMILES string of the molecule is Cc1cc(C)cc(N(c2ccc(/C=C/c3ccc4c(c3)C(C)(C)c3cc(N(c5cc(C)cc(C)c5)c5cc6ccccc6c6ccccc56)ccc3-4)cc2)c2cc3ccccc3c3ccccc23)c1. The van der Waals surface area contributed by atoms with E-state index in [0.29, 0.717) is 0 Å². The molecular weight excluding hydrogens is 833 g/mol. The first kappa shape index (κ1) is 42.2. The average Bonchev–Trinajstić information content (AvgIpc) is 3.57. The first-order valence-corrected chi connectivity index (χ1v) is 24.2. The zero-order chi connectivity index (χ0) is 47.0. The highest BCUT2D eigenvalue weighted by Crippen LogP contribution is 2.52. The Bertz CT molecular complexity index is 3830. The fraction of sp³-hybridized carbons (Fsp3) is 0.104. The monoisotopic (exact) mass is 886 g/mol. The summed E-state index contributed by atoms with van der Waals surface area (Å²) in [4.78, 5) is 4.91. The molecular formula is C67H54N2. The van der Waals surface area contributed by atoms with Crippen molar-refractivity contribution >= 4 is 89.4 Å². The lowest BCUT2D eigenvalue weighted by Crippen LogP contribution is -2.17.